The summed E-state index contributed by atoms with van der Waals surface area (Å²) in [6.07, 6.45) is 1.41. The highest BCUT2D eigenvalue weighted by Gasteiger charge is 2.32. The van der Waals surface area contributed by atoms with E-state index in [0.717, 1.165) is 5.56 Å². The van der Waals surface area contributed by atoms with Crippen molar-refractivity contribution in [2.75, 3.05) is 6.54 Å². The Bertz CT molecular complexity index is 445. The summed E-state index contributed by atoms with van der Waals surface area (Å²) in [4.78, 5) is 12.2. The summed E-state index contributed by atoms with van der Waals surface area (Å²) < 4.78 is 13.6. The van der Waals surface area contributed by atoms with Gasteiger partial charge in [0.15, 0.2) is 0 Å². The van der Waals surface area contributed by atoms with Crippen molar-refractivity contribution in [2.45, 2.75) is 33.2 Å². The van der Waals surface area contributed by atoms with Crippen molar-refractivity contribution in [1.29, 1.82) is 0 Å². The molecule has 3 N–H and O–H groups in total. The minimum Gasteiger partial charge on any atom is -0.351 e. The number of hydrogen-bond acceptors (Lipinski definition) is 2. The van der Waals surface area contributed by atoms with E-state index >= 15 is 0 Å². The fourth-order valence-electron chi connectivity index (χ4n) is 1.98. The molecule has 0 unspecified atom stereocenters. The quantitative estimate of drug-likeness (QED) is 0.810. The topological polar surface area (TPSA) is 55.1 Å². The number of carbonyl (C=O) groups is 1. The van der Waals surface area contributed by atoms with E-state index < -0.39 is 5.41 Å². The maximum Gasteiger partial charge on any atom is 0.227 e. The third-order valence-electron chi connectivity index (χ3n) is 3.68. The van der Waals surface area contributed by atoms with Crippen LogP contribution in [0.5, 0.6) is 0 Å². The zero-order valence-corrected chi connectivity index (χ0v) is 14.1. The van der Waals surface area contributed by atoms with Gasteiger partial charge < -0.3 is 11.1 Å². The Morgan fingerprint density at radius 1 is 1.40 bits per heavy atom. The third-order valence-corrected chi connectivity index (χ3v) is 4.42. The molecule has 1 aromatic carbocycles. The van der Waals surface area contributed by atoms with Crippen molar-refractivity contribution in [3.63, 3.8) is 0 Å². The SMILES string of the molecule is CCC(CC)(CN)C(=O)NCc1ccc(F)cc1Br.Cl. The number of rotatable bonds is 6. The maximum atomic E-state index is 13.0. The van der Waals surface area contributed by atoms with Crippen LogP contribution in [0.4, 0.5) is 4.39 Å². The van der Waals surface area contributed by atoms with Gasteiger partial charge in [-0.05, 0) is 30.5 Å². The molecule has 1 amide bonds. The molecule has 114 valence electrons. The third kappa shape index (κ3) is 4.43. The Morgan fingerprint density at radius 2 is 2.00 bits per heavy atom. The molecule has 0 bridgehead atoms. The average Bonchev–Trinajstić information content (AvgIpc) is 2.40. The van der Waals surface area contributed by atoms with Crippen LogP contribution in [-0.4, -0.2) is 12.5 Å². The number of benzene rings is 1. The van der Waals surface area contributed by atoms with E-state index in [1.807, 2.05) is 13.8 Å². The summed E-state index contributed by atoms with van der Waals surface area (Å²) >= 11 is 3.28. The number of halogens is 3. The Morgan fingerprint density at radius 3 is 2.45 bits per heavy atom. The predicted octanol–water partition coefficient (Wildman–Crippen LogP) is 3.39. The van der Waals surface area contributed by atoms with Gasteiger partial charge >= 0.3 is 0 Å². The van der Waals surface area contributed by atoms with Crippen LogP contribution in [0.25, 0.3) is 0 Å². The van der Waals surface area contributed by atoms with Gasteiger partial charge in [0.2, 0.25) is 5.91 Å². The summed E-state index contributed by atoms with van der Waals surface area (Å²) in [5.41, 5.74) is 6.06. The van der Waals surface area contributed by atoms with Crippen molar-refractivity contribution in [2.24, 2.45) is 11.1 Å². The van der Waals surface area contributed by atoms with E-state index in [1.54, 1.807) is 6.07 Å². The van der Waals surface area contributed by atoms with E-state index in [1.165, 1.54) is 12.1 Å². The van der Waals surface area contributed by atoms with Crippen molar-refractivity contribution in [3.8, 4) is 0 Å². The molecule has 0 spiro atoms. The Labute approximate surface area is 134 Å². The first-order chi connectivity index (χ1) is 8.99. The monoisotopic (exact) mass is 366 g/mol. The van der Waals surface area contributed by atoms with Crippen LogP contribution >= 0.6 is 28.3 Å². The predicted molar refractivity (Wildman–Crippen MR) is 85.3 cm³/mol. The molecule has 0 saturated heterocycles. The molecular weight excluding hydrogens is 347 g/mol. The van der Waals surface area contributed by atoms with E-state index in [2.05, 4.69) is 21.2 Å². The molecule has 3 nitrogen and oxygen atoms in total. The standard InChI is InChI=1S/C14H20BrFN2O.ClH/c1-3-14(4-2,9-17)13(19)18-8-10-5-6-11(16)7-12(10)15;/h5-7H,3-4,8-9,17H2,1-2H3,(H,18,19);1H. The minimum atomic E-state index is -0.507. The molecule has 20 heavy (non-hydrogen) atoms. The molecule has 0 atom stereocenters. The van der Waals surface area contributed by atoms with Crippen LogP contribution in [0.1, 0.15) is 32.3 Å². The largest absolute Gasteiger partial charge is 0.351 e. The highest BCUT2D eigenvalue weighted by Crippen LogP contribution is 2.25. The number of carbonyl (C=O) groups excluding carboxylic acids is 1. The lowest BCUT2D eigenvalue weighted by atomic mass is 9.81. The lowest BCUT2D eigenvalue weighted by Crippen LogP contribution is -2.45. The maximum absolute atomic E-state index is 13.0. The first-order valence-electron chi connectivity index (χ1n) is 6.41. The molecule has 0 aliphatic rings. The van der Waals surface area contributed by atoms with E-state index in [0.29, 0.717) is 30.4 Å². The molecule has 0 heterocycles. The Kier molecular flexibility index (Phi) is 8.32. The fraction of sp³-hybridized carbons (Fsp3) is 0.500. The van der Waals surface area contributed by atoms with Crippen LogP contribution in [0.15, 0.2) is 22.7 Å². The summed E-state index contributed by atoms with van der Waals surface area (Å²) in [7, 11) is 0. The van der Waals surface area contributed by atoms with Gasteiger partial charge in [-0.1, -0.05) is 35.8 Å². The van der Waals surface area contributed by atoms with Crippen LogP contribution < -0.4 is 11.1 Å². The lowest BCUT2D eigenvalue weighted by molar-refractivity contribution is -0.131. The van der Waals surface area contributed by atoms with Crippen LogP contribution in [0, 0.1) is 11.2 Å². The normalized spacial score (nSPS) is 10.8. The summed E-state index contributed by atoms with van der Waals surface area (Å²) in [6, 6.07) is 4.42. The van der Waals surface area contributed by atoms with Gasteiger partial charge in [0.25, 0.3) is 0 Å². The van der Waals surface area contributed by atoms with Gasteiger partial charge in [0, 0.05) is 17.6 Å². The fourth-order valence-corrected chi connectivity index (χ4v) is 2.47. The van der Waals surface area contributed by atoms with Crippen LogP contribution in [-0.2, 0) is 11.3 Å². The second-order valence-electron chi connectivity index (χ2n) is 4.61. The van der Waals surface area contributed by atoms with Gasteiger partial charge in [-0.2, -0.15) is 0 Å². The second kappa shape index (κ2) is 8.60. The minimum absolute atomic E-state index is 0. The van der Waals surface area contributed by atoms with Crippen molar-refractivity contribution in [3.05, 3.63) is 34.1 Å². The Hall–Kier alpha value is -0.650. The van der Waals surface area contributed by atoms with Crippen molar-refractivity contribution < 1.29 is 9.18 Å². The molecule has 0 radical (unpaired) electrons. The van der Waals surface area contributed by atoms with Crippen LogP contribution in [0.3, 0.4) is 0 Å². The van der Waals surface area contributed by atoms with E-state index in [-0.39, 0.29) is 24.1 Å². The molecular formula is C14H21BrClFN2O. The molecule has 0 aromatic heterocycles. The summed E-state index contributed by atoms with van der Waals surface area (Å²) in [5.74, 6) is -0.350. The lowest BCUT2D eigenvalue weighted by Gasteiger charge is -2.28. The molecule has 0 aliphatic carbocycles. The van der Waals surface area contributed by atoms with Crippen LogP contribution in [0.2, 0.25) is 0 Å². The van der Waals surface area contributed by atoms with Gasteiger partial charge in [-0.15, -0.1) is 12.4 Å². The van der Waals surface area contributed by atoms with Crippen molar-refractivity contribution in [1.82, 2.24) is 5.32 Å². The highest BCUT2D eigenvalue weighted by atomic mass is 79.9. The smallest absolute Gasteiger partial charge is 0.227 e. The van der Waals surface area contributed by atoms with Gasteiger partial charge in [-0.3, -0.25) is 4.79 Å². The highest BCUT2D eigenvalue weighted by molar-refractivity contribution is 9.10. The molecule has 6 heteroatoms. The molecule has 0 aliphatic heterocycles. The Balaban J connectivity index is 0.00000361. The van der Waals surface area contributed by atoms with Gasteiger partial charge in [0.05, 0.1) is 5.41 Å². The zero-order chi connectivity index (χ0) is 14.5. The number of amides is 1. The van der Waals surface area contributed by atoms with E-state index in [4.69, 9.17) is 5.73 Å². The first kappa shape index (κ1) is 19.4. The van der Waals surface area contributed by atoms with Gasteiger partial charge in [-0.25, -0.2) is 4.39 Å². The van der Waals surface area contributed by atoms with E-state index in [9.17, 15) is 9.18 Å². The van der Waals surface area contributed by atoms with Crippen molar-refractivity contribution >= 4 is 34.2 Å². The molecule has 0 fully saturated rings. The number of hydrogen-bond donors (Lipinski definition) is 2. The second-order valence-corrected chi connectivity index (χ2v) is 5.46. The molecule has 0 saturated carbocycles. The molecule has 1 aromatic rings. The first-order valence-corrected chi connectivity index (χ1v) is 7.20. The molecule has 1 rings (SSSR count). The zero-order valence-electron chi connectivity index (χ0n) is 11.7. The summed E-state index contributed by atoms with van der Waals surface area (Å²) in [5, 5.41) is 2.88. The summed E-state index contributed by atoms with van der Waals surface area (Å²) in [6.45, 7) is 4.62. The number of nitrogens with two attached hydrogens (primary N) is 1. The number of nitrogens with one attached hydrogen (secondary N) is 1. The average molecular weight is 368 g/mol. The van der Waals surface area contributed by atoms with Gasteiger partial charge in [0.1, 0.15) is 5.82 Å².